The molecule has 0 amide bonds. The quantitative estimate of drug-likeness (QED) is 0.910. The third kappa shape index (κ3) is 3.39. The van der Waals surface area contributed by atoms with Crippen molar-refractivity contribution in [1.29, 1.82) is 0 Å². The van der Waals surface area contributed by atoms with Gasteiger partial charge in [-0.3, -0.25) is 0 Å². The SMILES string of the molecule is Cc1cc(N2CCC3(CC2)OCCO3)nc(Nc2c(C)cccc2C)n1. The smallest absolute Gasteiger partial charge is 0.229 e. The summed E-state index contributed by atoms with van der Waals surface area (Å²) in [7, 11) is 0. The highest BCUT2D eigenvalue weighted by Gasteiger charge is 2.40. The zero-order valence-corrected chi connectivity index (χ0v) is 15.7. The van der Waals surface area contributed by atoms with E-state index in [4.69, 9.17) is 14.5 Å². The normalized spacial score (nSPS) is 19.1. The molecule has 6 nitrogen and oxygen atoms in total. The molecule has 2 aliphatic heterocycles. The number of nitrogens with zero attached hydrogens (tertiary/aromatic N) is 3. The first kappa shape index (κ1) is 17.2. The van der Waals surface area contributed by atoms with Crippen molar-refractivity contribution in [2.24, 2.45) is 0 Å². The molecule has 0 radical (unpaired) electrons. The van der Waals surface area contributed by atoms with Crippen molar-refractivity contribution < 1.29 is 9.47 Å². The van der Waals surface area contributed by atoms with Gasteiger partial charge in [0.1, 0.15) is 5.82 Å². The Balaban J connectivity index is 1.53. The topological polar surface area (TPSA) is 59.5 Å². The van der Waals surface area contributed by atoms with E-state index in [2.05, 4.69) is 47.2 Å². The molecule has 2 fully saturated rings. The van der Waals surface area contributed by atoms with Crippen LogP contribution in [0.3, 0.4) is 0 Å². The number of benzene rings is 1. The van der Waals surface area contributed by atoms with Crippen LogP contribution in [0.5, 0.6) is 0 Å². The highest BCUT2D eigenvalue weighted by molar-refractivity contribution is 5.63. The summed E-state index contributed by atoms with van der Waals surface area (Å²) in [6.45, 7) is 9.36. The number of rotatable bonds is 3. The molecule has 1 N–H and O–H groups in total. The van der Waals surface area contributed by atoms with E-state index < -0.39 is 0 Å². The molecule has 2 aliphatic rings. The van der Waals surface area contributed by atoms with Crippen molar-refractivity contribution in [2.75, 3.05) is 36.5 Å². The minimum atomic E-state index is -0.363. The maximum Gasteiger partial charge on any atom is 0.229 e. The average Bonchev–Trinajstić information content (AvgIpc) is 3.06. The predicted molar refractivity (Wildman–Crippen MR) is 102 cm³/mol. The fraction of sp³-hybridized carbons (Fsp3) is 0.500. The summed E-state index contributed by atoms with van der Waals surface area (Å²) in [5.41, 5.74) is 4.41. The van der Waals surface area contributed by atoms with Gasteiger partial charge in [-0.2, -0.15) is 4.98 Å². The lowest BCUT2D eigenvalue weighted by atomic mass is 10.0. The number of hydrogen-bond acceptors (Lipinski definition) is 6. The van der Waals surface area contributed by atoms with Gasteiger partial charge in [-0.05, 0) is 31.9 Å². The predicted octanol–water partition coefficient (Wildman–Crippen LogP) is 3.49. The van der Waals surface area contributed by atoms with Crippen molar-refractivity contribution in [3.63, 3.8) is 0 Å². The molecule has 4 rings (SSSR count). The second-order valence-corrected chi connectivity index (χ2v) is 7.18. The standard InChI is InChI=1S/C20H26N4O2/c1-14-5-4-6-15(2)18(14)23-19-21-16(3)13-17(22-19)24-9-7-20(8-10-24)25-11-12-26-20/h4-6,13H,7-12H2,1-3H3,(H,21,22,23). The lowest BCUT2D eigenvalue weighted by Crippen LogP contribution is -2.45. The van der Waals surface area contributed by atoms with Gasteiger partial charge >= 0.3 is 0 Å². The van der Waals surface area contributed by atoms with Gasteiger partial charge in [-0.25, -0.2) is 4.98 Å². The van der Waals surface area contributed by atoms with E-state index in [1.807, 2.05) is 13.0 Å². The van der Waals surface area contributed by atoms with Crippen molar-refractivity contribution >= 4 is 17.5 Å². The zero-order valence-electron chi connectivity index (χ0n) is 15.7. The van der Waals surface area contributed by atoms with Crippen molar-refractivity contribution in [3.05, 3.63) is 41.1 Å². The first-order valence-electron chi connectivity index (χ1n) is 9.26. The summed E-state index contributed by atoms with van der Waals surface area (Å²) in [4.78, 5) is 11.6. The Bertz CT molecular complexity index is 772. The third-order valence-corrected chi connectivity index (χ3v) is 5.22. The van der Waals surface area contributed by atoms with Gasteiger partial charge in [0.25, 0.3) is 0 Å². The Kier molecular flexibility index (Phi) is 4.54. The summed E-state index contributed by atoms with van der Waals surface area (Å²) in [5.74, 6) is 1.24. The van der Waals surface area contributed by atoms with Crippen LogP contribution in [0.2, 0.25) is 0 Å². The van der Waals surface area contributed by atoms with Gasteiger partial charge in [0.2, 0.25) is 5.95 Å². The molecule has 138 valence electrons. The monoisotopic (exact) mass is 354 g/mol. The molecule has 1 aromatic carbocycles. The van der Waals surface area contributed by atoms with Crippen LogP contribution in [0.4, 0.5) is 17.5 Å². The Labute approximate surface area is 154 Å². The van der Waals surface area contributed by atoms with Gasteiger partial charge in [-0.1, -0.05) is 18.2 Å². The maximum absolute atomic E-state index is 5.82. The number of aryl methyl sites for hydroxylation is 3. The summed E-state index contributed by atoms with van der Waals surface area (Å²) < 4.78 is 11.6. The van der Waals surface area contributed by atoms with E-state index in [1.165, 1.54) is 11.1 Å². The van der Waals surface area contributed by atoms with Crippen LogP contribution < -0.4 is 10.2 Å². The molecule has 1 spiro atoms. The number of aromatic nitrogens is 2. The van der Waals surface area contributed by atoms with E-state index in [0.29, 0.717) is 19.2 Å². The first-order chi connectivity index (χ1) is 12.5. The Morgan fingerprint density at radius 2 is 1.65 bits per heavy atom. The minimum absolute atomic E-state index is 0.363. The molecule has 0 saturated carbocycles. The van der Waals surface area contributed by atoms with E-state index in [1.54, 1.807) is 0 Å². The highest BCUT2D eigenvalue weighted by Crippen LogP contribution is 2.33. The summed E-state index contributed by atoms with van der Waals surface area (Å²) >= 11 is 0. The van der Waals surface area contributed by atoms with E-state index >= 15 is 0 Å². The molecule has 6 heteroatoms. The van der Waals surface area contributed by atoms with Crippen LogP contribution in [-0.2, 0) is 9.47 Å². The van der Waals surface area contributed by atoms with E-state index in [0.717, 1.165) is 43.1 Å². The lowest BCUT2D eigenvalue weighted by Gasteiger charge is -2.38. The summed E-state index contributed by atoms with van der Waals surface area (Å²) in [6.07, 6.45) is 1.74. The van der Waals surface area contributed by atoms with Crippen LogP contribution in [-0.4, -0.2) is 42.1 Å². The Morgan fingerprint density at radius 1 is 1.00 bits per heavy atom. The van der Waals surface area contributed by atoms with E-state index in [-0.39, 0.29) is 5.79 Å². The summed E-state index contributed by atoms with van der Waals surface area (Å²) in [5, 5.41) is 3.41. The highest BCUT2D eigenvalue weighted by atomic mass is 16.7. The van der Waals surface area contributed by atoms with E-state index in [9.17, 15) is 0 Å². The maximum atomic E-state index is 5.82. The number of anilines is 3. The number of ether oxygens (including phenoxy) is 2. The number of nitrogens with one attached hydrogen (secondary N) is 1. The molecule has 26 heavy (non-hydrogen) atoms. The summed E-state index contributed by atoms with van der Waals surface area (Å²) in [6, 6.07) is 8.30. The average molecular weight is 354 g/mol. The van der Waals surface area contributed by atoms with Gasteiger partial charge in [0, 0.05) is 43.4 Å². The van der Waals surface area contributed by atoms with Gasteiger partial charge in [0.15, 0.2) is 5.79 Å². The lowest BCUT2D eigenvalue weighted by molar-refractivity contribution is -0.169. The Hall–Kier alpha value is -2.18. The third-order valence-electron chi connectivity index (χ3n) is 5.22. The molecule has 1 aromatic heterocycles. The largest absolute Gasteiger partial charge is 0.356 e. The zero-order chi connectivity index (χ0) is 18.1. The Morgan fingerprint density at radius 3 is 2.31 bits per heavy atom. The molecular weight excluding hydrogens is 328 g/mol. The van der Waals surface area contributed by atoms with Crippen LogP contribution in [0.1, 0.15) is 29.7 Å². The first-order valence-corrected chi connectivity index (χ1v) is 9.26. The van der Waals surface area contributed by atoms with Crippen LogP contribution in [0.25, 0.3) is 0 Å². The number of para-hydroxylation sites is 1. The van der Waals surface area contributed by atoms with Gasteiger partial charge in [0.05, 0.1) is 13.2 Å². The van der Waals surface area contributed by atoms with Crippen molar-refractivity contribution in [1.82, 2.24) is 9.97 Å². The molecule has 2 saturated heterocycles. The molecule has 0 aliphatic carbocycles. The minimum Gasteiger partial charge on any atom is -0.356 e. The molecule has 0 bridgehead atoms. The fourth-order valence-corrected chi connectivity index (χ4v) is 3.76. The van der Waals surface area contributed by atoms with Crippen LogP contribution >= 0.6 is 0 Å². The van der Waals surface area contributed by atoms with Crippen molar-refractivity contribution in [2.45, 2.75) is 39.4 Å². The molecular formula is C20H26N4O2. The van der Waals surface area contributed by atoms with Gasteiger partial charge < -0.3 is 19.7 Å². The molecule has 2 aromatic rings. The molecule has 0 atom stereocenters. The number of hydrogen-bond donors (Lipinski definition) is 1. The van der Waals surface area contributed by atoms with Crippen LogP contribution in [0.15, 0.2) is 24.3 Å². The van der Waals surface area contributed by atoms with Crippen molar-refractivity contribution in [3.8, 4) is 0 Å². The second kappa shape index (κ2) is 6.85. The van der Waals surface area contributed by atoms with Gasteiger partial charge in [-0.15, -0.1) is 0 Å². The van der Waals surface area contributed by atoms with Crippen LogP contribution in [0, 0.1) is 20.8 Å². The molecule has 3 heterocycles. The number of piperidine rings is 1. The fourth-order valence-electron chi connectivity index (χ4n) is 3.76. The molecule has 0 unspecified atom stereocenters. The second-order valence-electron chi connectivity index (χ2n) is 7.18.